The minimum absolute atomic E-state index is 0.0331. The molecule has 1 saturated carbocycles. The topological polar surface area (TPSA) is 114 Å². The summed E-state index contributed by atoms with van der Waals surface area (Å²) in [6.07, 6.45) is 1.85. The SMILES string of the molecule is NC(=O)c1ccc(OCCO)c(F)c1-c1c(Cl)c(F)cc2c1C[C@@](CN[C@H]1C[C@@H](CO)C1)(c1ccccc1)O2. The first-order valence-electron chi connectivity index (χ1n) is 12.7. The van der Waals surface area contributed by atoms with E-state index in [2.05, 4.69) is 5.32 Å². The van der Waals surface area contributed by atoms with Gasteiger partial charge < -0.3 is 30.7 Å². The highest BCUT2D eigenvalue weighted by atomic mass is 35.5. The Kier molecular flexibility index (Phi) is 7.77. The summed E-state index contributed by atoms with van der Waals surface area (Å²) in [7, 11) is 0. The first-order valence-corrected chi connectivity index (χ1v) is 13.1. The number of carbonyl (C=O) groups excluding carboxylic acids is 1. The lowest BCUT2D eigenvalue weighted by atomic mass is 9.80. The third-order valence-corrected chi connectivity index (χ3v) is 7.86. The predicted octanol–water partition coefficient (Wildman–Crippen LogP) is 3.95. The van der Waals surface area contributed by atoms with Gasteiger partial charge in [0.25, 0.3) is 0 Å². The number of hydrogen-bond donors (Lipinski definition) is 4. The molecule has 1 aliphatic carbocycles. The average Bonchev–Trinajstić information content (AvgIpc) is 3.27. The zero-order valence-electron chi connectivity index (χ0n) is 21.1. The molecule has 2 aliphatic rings. The van der Waals surface area contributed by atoms with Crippen LogP contribution >= 0.6 is 11.6 Å². The Bertz CT molecular complexity index is 1380. The number of nitrogens with one attached hydrogen (secondary N) is 1. The summed E-state index contributed by atoms with van der Waals surface area (Å²) in [6.45, 7) is -0.0493. The van der Waals surface area contributed by atoms with Crippen LogP contribution in [0.25, 0.3) is 11.1 Å². The molecule has 0 saturated heterocycles. The summed E-state index contributed by atoms with van der Waals surface area (Å²) in [4.78, 5) is 12.4. The lowest BCUT2D eigenvalue weighted by Crippen LogP contribution is -2.50. The summed E-state index contributed by atoms with van der Waals surface area (Å²) in [6, 6.07) is 13.3. The average molecular weight is 559 g/mol. The van der Waals surface area contributed by atoms with Crippen molar-refractivity contribution in [2.45, 2.75) is 30.9 Å². The highest BCUT2D eigenvalue weighted by Gasteiger charge is 2.45. The number of fused-ring (bicyclic) bond motifs is 1. The Balaban J connectivity index is 1.62. The van der Waals surface area contributed by atoms with Gasteiger partial charge >= 0.3 is 0 Å². The summed E-state index contributed by atoms with van der Waals surface area (Å²) in [5, 5.41) is 21.7. The Morgan fingerprint density at radius 3 is 2.56 bits per heavy atom. The lowest BCUT2D eigenvalue weighted by Gasteiger charge is -2.38. The van der Waals surface area contributed by atoms with Gasteiger partial charge in [-0.1, -0.05) is 41.9 Å². The fourth-order valence-corrected chi connectivity index (χ4v) is 5.70. The molecule has 1 amide bonds. The van der Waals surface area contributed by atoms with Crippen molar-refractivity contribution >= 4 is 17.5 Å². The highest BCUT2D eigenvalue weighted by Crippen LogP contribution is 2.50. The monoisotopic (exact) mass is 558 g/mol. The van der Waals surface area contributed by atoms with Crippen LogP contribution in [0.5, 0.6) is 11.5 Å². The normalized spacial score (nSPS) is 21.7. The van der Waals surface area contributed by atoms with Crippen LogP contribution in [0.1, 0.15) is 34.3 Å². The largest absolute Gasteiger partial charge is 0.488 e. The van der Waals surface area contributed by atoms with Gasteiger partial charge in [-0.2, -0.15) is 0 Å². The molecule has 5 rings (SSSR count). The molecule has 0 bridgehead atoms. The van der Waals surface area contributed by atoms with Gasteiger partial charge in [-0.25, -0.2) is 8.78 Å². The van der Waals surface area contributed by atoms with E-state index < -0.39 is 23.1 Å². The Morgan fingerprint density at radius 1 is 1.15 bits per heavy atom. The van der Waals surface area contributed by atoms with E-state index in [0.717, 1.165) is 18.4 Å². The van der Waals surface area contributed by atoms with Gasteiger partial charge in [-0.05, 0) is 36.5 Å². The van der Waals surface area contributed by atoms with E-state index >= 15 is 8.78 Å². The number of aliphatic hydroxyl groups excluding tert-OH is 2. The molecule has 39 heavy (non-hydrogen) atoms. The fraction of sp³-hybridized carbons (Fsp3) is 0.345. The van der Waals surface area contributed by atoms with Gasteiger partial charge in [-0.15, -0.1) is 0 Å². The molecule has 7 nitrogen and oxygen atoms in total. The van der Waals surface area contributed by atoms with E-state index in [-0.39, 0.29) is 71.4 Å². The molecule has 5 N–H and O–H groups in total. The first kappa shape index (κ1) is 27.3. The zero-order chi connectivity index (χ0) is 27.7. The van der Waals surface area contributed by atoms with Crippen molar-refractivity contribution in [3.8, 4) is 22.6 Å². The van der Waals surface area contributed by atoms with Gasteiger partial charge in [-0.3, -0.25) is 4.79 Å². The quantitative estimate of drug-likeness (QED) is 0.300. The van der Waals surface area contributed by atoms with Crippen LogP contribution in [-0.2, 0) is 12.0 Å². The predicted molar refractivity (Wildman–Crippen MR) is 142 cm³/mol. The maximum absolute atomic E-state index is 15.9. The number of amides is 1. The smallest absolute Gasteiger partial charge is 0.249 e. The molecule has 0 aromatic heterocycles. The molecule has 3 aromatic rings. The molecule has 0 unspecified atom stereocenters. The fourth-order valence-electron chi connectivity index (χ4n) is 5.44. The van der Waals surface area contributed by atoms with Gasteiger partial charge in [0.15, 0.2) is 17.2 Å². The number of carbonyl (C=O) groups is 1. The van der Waals surface area contributed by atoms with Gasteiger partial charge in [0, 0.05) is 48.4 Å². The maximum Gasteiger partial charge on any atom is 0.249 e. The molecule has 1 aliphatic heterocycles. The number of halogens is 3. The van der Waals surface area contributed by atoms with Crippen molar-refractivity contribution in [2.75, 3.05) is 26.4 Å². The van der Waals surface area contributed by atoms with Crippen molar-refractivity contribution in [2.24, 2.45) is 11.7 Å². The summed E-state index contributed by atoms with van der Waals surface area (Å²) in [5.74, 6) is -2.53. The van der Waals surface area contributed by atoms with Crippen LogP contribution in [0.2, 0.25) is 5.02 Å². The number of rotatable bonds is 10. The molecule has 1 heterocycles. The molecule has 206 valence electrons. The Hall–Kier alpha value is -3.24. The number of primary amides is 1. The third kappa shape index (κ3) is 5.07. The molecule has 0 spiro atoms. The van der Waals surface area contributed by atoms with E-state index in [0.29, 0.717) is 12.1 Å². The van der Waals surface area contributed by atoms with Crippen LogP contribution in [0.3, 0.4) is 0 Å². The number of hydrogen-bond acceptors (Lipinski definition) is 6. The molecule has 10 heteroatoms. The minimum Gasteiger partial charge on any atom is -0.488 e. The van der Waals surface area contributed by atoms with Crippen LogP contribution in [0.4, 0.5) is 8.78 Å². The summed E-state index contributed by atoms with van der Waals surface area (Å²) >= 11 is 6.48. The third-order valence-electron chi connectivity index (χ3n) is 7.49. The zero-order valence-corrected chi connectivity index (χ0v) is 21.8. The summed E-state index contributed by atoms with van der Waals surface area (Å²) < 4.78 is 42.9. The van der Waals surface area contributed by atoms with Gasteiger partial charge in [0.05, 0.1) is 17.2 Å². The maximum atomic E-state index is 15.9. The van der Waals surface area contributed by atoms with Crippen LogP contribution in [-0.4, -0.2) is 48.5 Å². The van der Waals surface area contributed by atoms with E-state index in [1.165, 1.54) is 18.2 Å². The van der Waals surface area contributed by atoms with Crippen molar-refractivity contribution in [3.05, 3.63) is 81.9 Å². The first-order chi connectivity index (χ1) is 18.8. The number of nitrogens with two attached hydrogens (primary N) is 1. The molecule has 0 radical (unpaired) electrons. The number of benzene rings is 3. The van der Waals surface area contributed by atoms with Crippen molar-refractivity contribution in [3.63, 3.8) is 0 Å². The van der Waals surface area contributed by atoms with E-state index in [9.17, 15) is 9.90 Å². The Labute approximate surface area is 229 Å². The second-order valence-electron chi connectivity index (χ2n) is 10.00. The van der Waals surface area contributed by atoms with Crippen LogP contribution < -0.4 is 20.5 Å². The Morgan fingerprint density at radius 2 is 1.90 bits per heavy atom. The minimum atomic E-state index is -0.978. The van der Waals surface area contributed by atoms with Crippen molar-refractivity contribution in [1.29, 1.82) is 0 Å². The van der Waals surface area contributed by atoms with Crippen molar-refractivity contribution < 1.29 is 33.3 Å². The number of aliphatic hydroxyl groups is 2. The molecule has 1 fully saturated rings. The van der Waals surface area contributed by atoms with E-state index in [1.54, 1.807) is 0 Å². The van der Waals surface area contributed by atoms with Crippen LogP contribution in [0, 0.1) is 17.6 Å². The molecule has 1 atom stereocenters. The van der Waals surface area contributed by atoms with Crippen molar-refractivity contribution in [1.82, 2.24) is 5.32 Å². The standard InChI is InChI=1S/C29H29ClF2N2O5/c30-26-21(31)12-23-20(24(26)25-19(28(33)37)6-7-22(27(25)32)38-9-8-35)13-29(39-23,17-4-2-1-3-5-17)15-34-18-10-16(11-18)14-36/h1-7,12,16,18,34-36H,8-11,13-15H2,(H2,33,37)/t16-,18+,29-/m1/s1. The molecular weight excluding hydrogens is 530 g/mol. The second-order valence-corrected chi connectivity index (χ2v) is 10.4. The van der Waals surface area contributed by atoms with Gasteiger partial charge in [0.2, 0.25) is 5.91 Å². The molecular formula is C29H29ClF2N2O5. The van der Waals surface area contributed by atoms with Gasteiger partial charge in [0.1, 0.15) is 18.2 Å². The van der Waals surface area contributed by atoms with E-state index in [4.69, 9.17) is 31.9 Å². The highest BCUT2D eigenvalue weighted by molar-refractivity contribution is 6.34. The summed E-state index contributed by atoms with van der Waals surface area (Å²) in [5.41, 5.74) is 5.35. The van der Waals surface area contributed by atoms with Crippen LogP contribution in [0.15, 0.2) is 48.5 Å². The van der Waals surface area contributed by atoms with E-state index in [1.807, 2.05) is 30.3 Å². The lowest BCUT2D eigenvalue weighted by molar-refractivity contribution is 0.0680. The molecule has 3 aromatic carbocycles. The second kappa shape index (κ2) is 11.1. The number of ether oxygens (including phenoxy) is 2.